The number of nitrogens with zero attached hydrogens (tertiary/aromatic N) is 3. The smallest absolute Gasteiger partial charge is 0.306 e. The molecule has 1 aliphatic rings. The number of amides is 2. The monoisotopic (exact) mass is 717 g/mol. The topological polar surface area (TPSA) is 232 Å². The highest BCUT2D eigenvalue weighted by atomic mass is 32.2. The number of aliphatic hydroxyl groups is 4. The third-order valence-corrected chi connectivity index (χ3v) is 9.01. The second-order valence-electron chi connectivity index (χ2n) is 12.1. The Balaban J connectivity index is 2.10. The SMILES string of the molecule is CCCCCC(=O)N[C@H](CSC[C@@H](COC(=O)CCCCC)OC(=O)CCCCC)C(=O)Nc1cn(C2OC(CO)C(O)C(O)C2O)nn1. The van der Waals surface area contributed by atoms with Gasteiger partial charge >= 0.3 is 11.9 Å². The molecule has 5 unspecified atom stereocenters. The quantitative estimate of drug-likeness (QED) is 0.0659. The van der Waals surface area contributed by atoms with Crippen molar-refractivity contribution in [1.29, 1.82) is 0 Å². The van der Waals surface area contributed by atoms with Crippen LogP contribution in [0.1, 0.15) is 104 Å². The summed E-state index contributed by atoms with van der Waals surface area (Å²) in [6, 6.07) is -1.03. The van der Waals surface area contributed by atoms with E-state index in [0.29, 0.717) is 19.3 Å². The van der Waals surface area contributed by atoms with Crippen molar-refractivity contribution in [1.82, 2.24) is 20.3 Å². The van der Waals surface area contributed by atoms with Crippen molar-refractivity contribution in [3.8, 4) is 0 Å². The van der Waals surface area contributed by atoms with Crippen molar-refractivity contribution in [2.45, 2.75) is 141 Å². The van der Waals surface area contributed by atoms with Crippen LogP contribution in [0.2, 0.25) is 0 Å². The standard InChI is InChI=1S/C32H55N5O11S/c1-4-7-10-13-25(39)33-22(20-49-19-21(47-27(41)15-12-9-6-3)18-46-26(40)14-11-8-5-2)31(45)34-24-16-37(36-35-24)32-30(44)29(43)28(42)23(17-38)48-32/h16,21-23,28-30,32,38,42-44H,4-15,17-20H2,1-3H3,(H,33,39)(H,34,45)/t21-,22-,23?,28?,29?,30?,32?/m1/s1. The highest BCUT2D eigenvalue weighted by Gasteiger charge is 2.44. The minimum absolute atomic E-state index is 0.0499. The first-order valence-electron chi connectivity index (χ1n) is 17.3. The lowest BCUT2D eigenvalue weighted by Gasteiger charge is -2.39. The summed E-state index contributed by atoms with van der Waals surface area (Å²) in [5.74, 6) is -1.48. The number of hydrogen-bond acceptors (Lipinski definition) is 14. The van der Waals surface area contributed by atoms with Crippen molar-refractivity contribution in [3.63, 3.8) is 0 Å². The summed E-state index contributed by atoms with van der Waals surface area (Å²) in [4.78, 5) is 50.9. The Bertz CT molecular complexity index is 1140. The summed E-state index contributed by atoms with van der Waals surface area (Å²) >= 11 is 1.24. The molecule has 2 amide bonds. The molecule has 1 aromatic heterocycles. The van der Waals surface area contributed by atoms with Gasteiger partial charge in [-0.15, -0.1) is 5.10 Å². The van der Waals surface area contributed by atoms with E-state index in [9.17, 15) is 39.6 Å². The first-order valence-corrected chi connectivity index (χ1v) is 18.4. The summed E-state index contributed by atoms with van der Waals surface area (Å²) in [6.45, 7) is 5.32. The zero-order chi connectivity index (χ0) is 36.2. The molecule has 0 spiro atoms. The van der Waals surface area contributed by atoms with Crippen LogP contribution < -0.4 is 10.6 Å². The predicted molar refractivity (Wildman–Crippen MR) is 180 cm³/mol. The molecule has 16 nitrogen and oxygen atoms in total. The molecule has 2 rings (SSSR count). The summed E-state index contributed by atoms with van der Waals surface area (Å²) in [7, 11) is 0. The number of rotatable bonds is 24. The number of unbranched alkanes of at least 4 members (excludes halogenated alkanes) is 6. The van der Waals surface area contributed by atoms with Crippen LogP contribution in [-0.2, 0) is 33.4 Å². The lowest BCUT2D eigenvalue weighted by molar-refractivity contribution is -0.254. The van der Waals surface area contributed by atoms with Gasteiger partial charge in [0, 0.05) is 30.8 Å². The van der Waals surface area contributed by atoms with Crippen molar-refractivity contribution < 1.29 is 53.8 Å². The summed E-state index contributed by atoms with van der Waals surface area (Å²) in [5, 5.41) is 53.1. The van der Waals surface area contributed by atoms with E-state index in [1.807, 2.05) is 20.8 Å². The zero-order valence-corrected chi connectivity index (χ0v) is 29.6. The zero-order valence-electron chi connectivity index (χ0n) is 28.8. The van der Waals surface area contributed by atoms with Crippen LogP contribution in [0.15, 0.2) is 6.20 Å². The molecule has 0 aromatic carbocycles. The van der Waals surface area contributed by atoms with E-state index in [1.54, 1.807) is 0 Å². The van der Waals surface area contributed by atoms with Gasteiger partial charge in [0.25, 0.3) is 0 Å². The Hall–Kier alpha value is -2.83. The molecule has 2 heterocycles. The summed E-state index contributed by atoms with van der Waals surface area (Å²) < 4.78 is 17.5. The number of aliphatic hydroxyl groups excluding tert-OH is 4. The molecular weight excluding hydrogens is 662 g/mol. The van der Waals surface area contributed by atoms with Crippen LogP contribution in [0, 0.1) is 0 Å². The van der Waals surface area contributed by atoms with Crippen molar-refractivity contribution in [2.75, 3.05) is 30.0 Å². The summed E-state index contributed by atoms with van der Waals surface area (Å²) in [6.07, 6.45) is 1.42. The average molecular weight is 718 g/mol. The van der Waals surface area contributed by atoms with Gasteiger partial charge < -0.3 is 45.3 Å². The van der Waals surface area contributed by atoms with Crippen molar-refractivity contribution in [2.24, 2.45) is 0 Å². The minimum atomic E-state index is -1.63. The van der Waals surface area contributed by atoms with E-state index in [1.165, 1.54) is 18.0 Å². The van der Waals surface area contributed by atoms with E-state index in [0.717, 1.165) is 43.2 Å². The first kappa shape index (κ1) is 42.3. The Kier molecular flexibility index (Phi) is 20.3. The Morgan fingerprint density at radius 1 is 0.898 bits per heavy atom. The van der Waals surface area contributed by atoms with Crippen LogP contribution in [0.3, 0.4) is 0 Å². The molecule has 6 N–H and O–H groups in total. The van der Waals surface area contributed by atoms with E-state index in [-0.39, 0.29) is 55.1 Å². The van der Waals surface area contributed by atoms with Gasteiger partial charge in [0.15, 0.2) is 12.0 Å². The van der Waals surface area contributed by atoms with Gasteiger partial charge in [0.05, 0.1) is 12.8 Å². The van der Waals surface area contributed by atoms with E-state index in [4.69, 9.17) is 14.2 Å². The molecule has 1 saturated heterocycles. The maximum absolute atomic E-state index is 13.4. The number of aromatic nitrogens is 3. The molecule has 1 fully saturated rings. The average Bonchev–Trinajstić information content (AvgIpc) is 3.54. The van der Waals surface area contributed by atoms with Gasteiger partial charge in [-0.2, -0.15) is 11.8 Å². The fourth-order valence-corrected chi connectivity index (χ4v) is 5.97. The van der Waals surface area contributed by atoms with E-state index in [2.05, 4.69) is 20.9 Å². The fourth-order valence-electron chi connectivity index (χ4n) is 4.93. The Morgan fingerprint density at radius 2 is 1.53 bits per heavy atom. The largest absolute Gasteiger partial charge is 0.462 e. The number of esters is 2. The molecule has 0 aliphatic carbocycles. The Morgan fingerprint density at radius 3 is 2.16 bits per heavy atom. The van der Waals surface area contributed by atoms with Gasteiger partial charge in [-0.25, -0.2) is 4.68 Å². The molecule has 1 aliphatic heterocycles. The number of carbonyl (C=O) groups is 4. The van der Waals surface area contributed by atoms with Gasteiger partial charge in [0.2, 0.25) is 11.8 Å². The number of hydrogen-bond donors (Lipinski definition) is 6. The van der Waals surface area contributed by atoms with Crippen LogP contribution in [0.25, 0.3) is 0 Å². The molecule has 0 radical (unpaired) electrons. The van der Waals surface area contributed by atoms with Gasteiger partial charge in [-0.1, -0.05) is 64.5 Å². The number of nitrogens with one attached hydrogen (secondary N) is 2. The highest BCUT2D eigenvalue weighted by Crippen LogP contribution is 2.28. The van der Waals surface area contributed by atoms with Gasteiger partial charge in [-0.3, -0.25) is 19.2 Å². The third-order valence-electron chi connectivity index (χ3n) is 7.83. The number of ether oxygens (including phenoxy) is 3. The number of anilines is 1. The maximum atomic E-state index is 13.4. The minimum Gasteiger partial charge on any atom is -0.462 e. The van der Waals surface area contributed by atoms with Gasteiger partial charge in [-0.05, 0) is 19.3 Å². The van der Waals surface area contributed by atoms with Crippen molar-refractivity contribution in [3.05, 3.63) is 6.20 Å². The molecule has 1 aromatic rings. The predicted octanol–water partition coefficient (Wildman–Crippen LogP) is 1.60. The van der Waals surface area contributed by atoms with Crippen molar-refractivity contribution >= 4 is 41.3 Å². The second kappa shape index (κ2) is 23.6. The number of thioether (sulfide) groups is 1. The van der Waals surface area contributed by atoms with Crippen LogP contribution in [-0.4, -0.2) is 120 Å². The molecule has 0 saturated carbocycles. The third kappa shape index (κ3) is 15.3. The fraction of sp³-hybridized carbons (Fsp3) is 0.812. The molecule has 17 heteroatoms. The van der Waals surface area contributed by atoms with E-state index >= 15 is 0 Å². The van der Waals surface area contributed by atoms with Crippen LogP contribution in [0.5, 0.6) is 0 Å². The lowest BCUT2D eigenvalue weighted by atomic mass is 9.98. The molecule has 0 bridgehead atoms. The van der Waals surface area contributed by atoms with Gasteiger partial charge in [0.1, 0.15) is 43.2 Å². The molecular formula is C32H55N5O11S. The second-order valence-corrected chi connectivity index (χ2v) is 13.2. The number of carbonyl (C=O) groups excluding carboxylic acids is 4. The maximum Gasteiger partial charge on any atom is 0.306 e. The van der Waals surface area contributed by atoms with Crippen LogP contribution >= 0.6 is 11.8 Å². The Labute approximate surface area is 292 Å². The normalized spacial score (nSPS) is 21.8. The molecule has 280 valence electrons. The summed E-state index contributed by atoms with van der Waals surface area (Å²) in [5.41, 5.74) is 0. The van der Waals surface area contributed by atoms with E-state index < -0.39 is 61.3 Å². The molecule has 7 atom stereocenters. The molecule has 49 heavy (non-hydrogen) atoms. The highest BCUT2D eigenvalue weighted by molar-refractivity contribution is 7.99. The lowest BCUT2D eigenvalue weighted by Crippen LogP contribution is -2.56. The first-order chi connectivity index (χ1) is 23.5. The van der Waals surface area contributed by atoms with Crippen LogP contribution in [0.4, 0.5) is 5.82 Å².